The third-order valence-electron chi connectivity index (χ3n) is 4.11. The van der Waals surface area contributed by atoms with E-state index in [4.69, 9.17) is 21.1 Å². The molecule has 1 aromatic rings. The van der Waals surface area contributed by atoms with Crippen LogP contribution >= 0.6 is 23.4 Å². The smallest absolute Gasteiger partial charge is 0.264 e. The number of hydrogen-bond donors (Lipinski definition) is 1. The monoisotopic (exact) mass is 380 g/mol. The Hall–Kier alpha value is -1.66. The number of ether oxygens (including phenoxy) is 2. The molecule has 3 rings (SSSR count). The average molecular weight is 381 g/mol. The van der Waals surface area contributed by atoms with Crippen molar-refractivity contribution in [3.63, 3.8) is 0 Å². The van der Waals surface area contributed by atoms with E-state index in [0.717, 1.165) is 18.4 Å². The van der Waals surface area contributed by atoms with Crippen LogP contribution in [0, 0.1) is 0 Å². The zero-order valence-corrected chi connectivity index (χ0v) is 15.9. The summed E-state index contributed by atoms with van der Waals surface area (Å²) in [6.07, 6.45) is 6.43. The number of aliphatic imine (C=N–C) groups is 1. The molecule has 1 aromatic carbocycles. The van der Waals surface area contributed by atoms with Gasteiger partial charge in [-0.15, -0.1) is 0 Å². The summed E-state index contributed by atoms with van der Waals surface area (Å²) in [5, 5.41) is 3.98. The van der Waals surface area contributed by atoms with Gasteiger partial charge in [-0.25, -0.2) is 0 Å². The molecule has 0 spiro atoms. The van der Waals surface area contributed by atoms with Crippen molar-refractivity contribution in [2.24, 2.45) is 4.99 Å². The zero-order chi connectivity index (χ0) is 17.8. The Labute approximate surface area is 156 Å². The number of carbonyl (C=O) groups excluding carboxylic acids is 1. The first-order chi connectivity index (χ1) is 12.1. The lowest BCUT2D eigenvalue weighted by Crippen LogP contribution is -2.21. The summed E-state index contributed by atoms with van der Waals surface area (Å²) < 4.78 is 10.9. The van der Waals surface area contributed by atoms with Crippen molar-refractivity contribution < 1.29 is 14.3 Å². The Kier molecular flexibility index (Phi) is 5.91. The van der Waals surface area contributed by atoms with E-state index in [1.165, 1.54) is 24.6 Å². The molecule has 134 valence electrons. The summed E-state index contributed by atoms with van der Waals surface area (Å²) in [4.78, 5) is 17.4. The van der Waals surface area contributed by atoms with Crippen molar-refractivity contribution in [2.45, 2.75) is 38.6 Å². The van der Waals surface area contributed by atoms with Gasteiger partial charge in [0.05, 0.1) is 29.7 Å². The summed E-state index contributed by atoms with van der Waals surface area (Å²) in [6.45, 7) is 2.38. The second-order valence-electron chi connectivity index (χ2n) is 5.90. The van der Waals surface area contributed by atoms with Crippen LogP contribution in [0.3, 0.4) is 0 Å². The fraction of sp³-hybridized carbons (Fsp3) is 0.444. The van der Waals surface area contributed by atoms with Gasteiger partial charge in [-0.05, 0) is 55.3 Å². The third-order valence-corrected chi connectivity index (χ3v) is 5.32. The van der Waals surface area contributed by atoms with Crippen LogP contribution in [0.2, 0.25) is 5.02 Å². The maximum atomic E-state index is 12.2. The molecule has 1 aliphatic carbocycles. The van der Waals surface area contributed by atoms with Crippen LogP contribution in [0.4, 0.5) is 0 Å². The van der Waals surface area contributed by atoms with E-state index in [-0.39, 0.29) is 5.91 Å². The van der Waals surface area contributed by atoms with Crippen LogP contribution in [0.1, 0.15) is 38.2 Å². The van der Waals surface area contributed by atoms with Crippen LogP contribution < -0.4 is 14.8 Å². The third kappa shape index (κ3) is 4.30. The van der Waals surface area contributed by atoms with Crippen LogP contribution in [0.15, 0.2) is 22.0 Å². The number of halogens is 1. The van der Waals surface area contributed by atoms with Crippen molar-refractivity contribution in [2.75, 3.05) is 13.7 Å². The predicted octanol–water partition coefficient (Wildman–Crippen LogP) is 4.25. The molecule has 0 radical (unpaired) electrons. The summed E-state index contributed by atoms with van der Waals surface area (Å²) in [5.74, 6) is 0.927. The first-order valence-corrected chi connectivity index (χ1v) is 9.59. The quantitative estimate of drug-likeness (QED) is 0.776. The van der Waals surface area contributed by atoms with E-state index in [2.05, 4.69) is 10.3 Å². The minimum Gasteiger partial charge on any atom is -0.493 e. The van der Waals surface area contributed by atoms with Gasteiger partial charge in [0, 0.05) is 0 Å². The lowest BCUT2D eigenvalue weighted by molar-refractivity contribution is -0.115. The molecule has 25 heavy (non-hydrogen) atoms. The Morgan fingerprint density at radius 1 is 1.40 bits per heavy atom. The highest BCUT2D eigenvalue weighted by Crippen LogP contribution is 2.38. The lowest BCUT2D eigenvalue weighted by Gasteiger charge is -2.12. The fourth-order valence-corrected chi connectivity index (χ4v) is 4.11. The molecular formula is C18H21ClN2O3S. The number of methoxy groups -OCH3 is 1. The first-order valence-electron chi connectivity index (χ1n) is 8.39. The van der Waals surface area contributed by atoms with Gasteiger partial charge >= 0.3 is 0 Å². The van der Waals surface area contributed by atoms with Gasteiger partial charge in [0.15, 0.2) is 16.7 Å². The Bertz CT molecular complexity index is 727. The van der Waals surface area contributed by atoms with Crippen LogP contribution in [-0.2, 0) is 4.79 Å². The van der Waals surface area contributed by atoms with Crippen molar-refractivity contribution in [1.82, 2.24) is 5.32 Å². The van der Waals surface area contributed by atoms with E-state index in [0.29, 0.717) is 39.2 Å². The largest absolute Gasteiger partial charge is 0.493 e. The summed E-state index contributed by atoms with van der Waals surface area (Å²) in [5.41, 5.74) is 0.782. The SMILES string of the molecule is CCOc1c(Cl)cc(C=C2SC(=NC3CCCC3)NC2=O)cc1OC. The number of amides is 1. The minimum absolute atomic E-state index is 0.134. The highest BCUT2D eigenvalue weighted by molar-refractivity contribution is 8.18. The van der Waals surface area contributed by atoms with Crippen molar-refractivity contribution in [1.29, 1.82) is 0 Å². The molecule has 2 aliphatic rings. The molecular weight excluding hydrogens is 360 g/mol. The molecule has 1 aliphatic heterocycles. The van der Waals surface area contributed by atoms with Gasteiger partial charge in [0.2, 0.25) is 0 Å². The number of nitrogens with zero attached hydrogens (tertiary/aromatic N) is 1. The molecule has 0 aromatic heterocycles. The molecule has 1 amide bonds. The molecule has 1 N–H and O–H groups in total. The average Bonchev–Trinajstić information content (AvgIpc) is 3.20. The highest BCUT2D eigenvalue weighted by Gasteiger charge is 2.26. The van der Waals surface area contributed by atoms with Gasteiger partial charge < -0.3 is 14.8 Å². The van der Waals surface area contributed by atoms with E-state index in [9.17, 15) is 4.79 Å². The number of nitrogens with one attached hydrogen (secondary N) is 1. The molecule has 2 fully saturated rings. The van der Waals surface area contributed by atoms with Gasteiger partial charge in [-0.2, -0.15) is 0 Å². The van der Waals surface area contributed by atoms with Crippen LogP contribution in [-0.4, -0.2) is 30.8 Å². The number of carbonyl (C=O) groups is 1. The lowest BCUT2D eigenvalue weighted by atomic mass is 10.2. The topological polar surface area (TPSA) is 59.9 Å². The second-order valence-corrected chi connectivity index (χ2v) is 7.34. The van der Waals surface area contributed by atoms with E-state index in [1.807, 2.05) is 13.0 Å². The van der Waals surface area contributed by atoms with E-state index < -0.39 is 0 Å². The first kappa shape index (κ1) is 18.1. The van der Waals surface area contributed by atoms with Crippen molar-refractivity contribution >= 4 is 40.5 Å². The van der Waals surface area contributed by atoms with Gasteiger partial charge in [-0.3, -0.25) is 9.79 Å². The predicted molar refractivity (Wildman–Crippen MR) is 103 cm³/mol. The van der Waals surface area contributed by atoms with Gasteiger partial charge in [-0.1, -0.05) is 24.4 Å². The number of amidine groups is 1. The Morgan fingerprint density at radius 3 is 2.84 bits per heavy atom. The molecule has 7 heteroatoms. The summed E-state index contributed by atoms with van der Waals surface area (Å²) in [6, 6.07) is 3.91. The standard InChI is InChI=1S/C18H21ClN2O3S/c1-3-24-16-13(19)8-11(9-14(16)23-2)10-15-17(22)21-18(25-15)20-12-6-4-5-7-12/h8-10,12H,3-7H2,1-2H3,(H,20,21,22). The number of hydrogen-bond acceptors (Lipinski definition) is 5. The number of benzene rings is 1. The van der Waals surface area contributed by atoms with E-state index in [1.54, 1.807) is 19.3 Å². The molecule has 1 heterocycles. The molecule has 0 bridgehead atoms. The summed E-state index contributed by atoms with van der Waals surface area (Å²) >= 11 is 7.66. The van der Waals surface area contributed by atoms with Gasteiger partial charge in [0.1, 0.15) is 0 Å². The normalized spacial score (nSPS) is 21.2. The Balaban J connectivity index is 1.82. The van der Waals surface area contributed by atoms with E-state index >= 15 is 0 Å². The summed E-state index contributed by atoms with van der Waals surface area (Å²) in [7, 11) is 1.56. The van der Waals surface area contributed by atoms with Crippen molar-refractivity contribution in [3.8, 4) is 11.5 Å². The molecule has 0 unspecified atom stereocenters. The molecule has 1 saturated carbocycles. The minimum atomic E-state index is -0.134. The second kappa shape index (κ2) is 8.15. The molecule has 0 atom stereocenters. The maximum absolute atomic E-state index is 12.2. The highest BCUT2D eigenvalue weighted by atomic mass is 35.5. The maximum Gasteiger partial charge on any atom is 0.264 e. The van der Waals surface area contributed by atoms with Crippen LogP contribution in [0.5, 0.6) is 11.5 Å². The molecule has 1 saturated heterocycles. The molecule has 5 nitrogen and oxygen atoms in total. The number of thioether (sulfide) groups is 1. The van der Waals surface area contributed by atoms with Gasteiger partial charge in [0.25, 0.3) is 5.91 Å². The van der Waals surface area contributed by atoms with Crippen LogP contribution in [0.25, 0.3) is 6.08 Å². The fourth-order valence-electron chi connectivity index (χ4n) is 2.95. The van der Waals surface area contributed by atoms with Crippen molar-refractivity contribution in [3.05, 3.63) is 27.6 Å². The zero-order valence-electron chi connectivity index (χ0n) is 14.3. The number of rotatable bonds is 5. The Morgan fingerprint density at radius 2 is 2.16 bits per heavy atom.